The molecule has 4 saturated carbocycles. The lowest BCUT2D eigenvalue weighted by Crippen LogP contribution is -2.55. The van der Waals surface area contributed by atoms with Crippen LogP contribution in [0.5, 0.6) is 0 Å². The molecule has 164 valence electrons. The Morgan fingerprint density at radius 3 is 2.30 bits per heavy atom. The molecule has 1 aromatic carbocycles. The predicted octanol–water partition coefficient (Wildman–Crippen LogP) is 3.04. The van der Waals surface area contributed by atoms with Gasteiger partial charge in [-0.05, 0) is 86.8 Å². The topological polar surface area (TPSA) is 75.7 Å². The third-order valence-electron chi connectivity index (χ3n) is 8.06. The van der Waals surface area contributed by atoms with Gasteiger partial charge in [0.15, 0.2) is 0 Å². The van der Waals surface area contributed by atoms with E-state index in [2.05, 4.69) is 12.2 Å². The van der Waals surface area contributed by atoms with Gasteiger partial charge in [0.1, 0.15) is 0 Å². The van der Waals surface area contributed by atoms with E-state index in [1.54, 1.807) is 18.2 Å². The number of rotatable bonds is 5. The Bertz CT molecular complexity index is 888. The van der Waals surface area contributed by atoms with E-state index in [4.69, 9.17) is 4.74 Å². The Morgan fingerprint density at radius 1 is 1.10 bits per heavy atom. The second-order valence-electron chi connectivity index (χ2n) is 10.0. The maximum absolute atomic E-state index is 13.1. The summed E-state index contributed by atoms with van der Waals surface area (Å²) in [5.41, 5.74) is 0.642. The zero-order valence-corrected chi connectivity index (χ0v) is 18.5. The number of ether oxygens (including phenoxy) is 1. The molecular formula is C23H32N2O4S. The van der Waals surface area contributed by atoms with Crippen LogP contribution in [0.25, 0.3) is 0 Å². The molecule has 1 amide bonds. The number of carbonyl (C=O) groups excluding carboxylic acids is 1. The number of carbonyl (C=O) groups is 1. The molecule has 5 aliphatic rings. The first-order valence-corrected chi connectivity index (χ1v) is 12.8. The molecule has 0 aromatic heterocycles. The van der Waals surface area contributed by atoms with Gasteiger partial charge < -0.3 is 10.1 Å². The van der Waals surface area contributed by atoms with E-state index in [0.717, 1.165) is 17.8 Å². The molecular weight excluding hydrogens is 400 g/mol. The van der Waals surface area contributed by atoms with Gasteiger partial charge in [-0.1, -0.05) is 6.07 Å². The number of sulfonamides is 1. The van der Waals surface area contributed by atoms with Gasteiger partial charge in [0.05, 0.1) is 18.1 Å². The standard InChI is InChI=1S/C23H32N2O4S/c1-16(23-13-17-9-18(14-23)11-19(10-17)15-23)24-22(26)20-3-2-4-21(12-20)30(27,28)25-5-7-29-8-6-25/h2-4,12,16-19H,5-11,13-15H2,1H3,(H,24,26)/t16-,17?,18?,19?,23?/m1/s1. The lowest BCUT2D eigenvalue weighted by molar-refractivity contribution is -0.0688. The smallest absolute Gasteiger partial charge is 0.251 e. The molecule has 1 saturated heterocycles. The number of benzene rings is 1. The Kier molecular flexibility index (Phi) is 5.19. The number of hydrogen-bond donors (Lipinski definition) is 1. The maximum Gasteiger partial charge on any atom is 0.251 e. The lowest BCUT2D eigenvalue weighted by Gasteiger charge is -2.59. The molecule has 7 heteroatoms. The van der Waals surface area contributed by atoms with Crippen LogP contribution < -0.4 is 5.32 Å². The molecule has 0 spiro atoms. The van der Waals surface area contributed by atoms with Gasteiger partial charge in [0.25, 0.3) is 5.91 Å². The van der Waals surface area contributed by atoms with Gasteiger partial charge in [-0.25, -0.2) is 8.42 Å². The van der Waals surface area contributed by atoms with Gasteiger partial charge in [-0.15, -0.1) is 0 Å². The summed E-state index contributed by atoms with van der Waals surface area (Å²) in [6.45, 7) is 3.66. The van der Waals surface area contributed by atoms with Crippen molar-refractivity contribution in [2.75, 3.05) is 26.3 Å². The van der Waals surface area contributed by atoms with Gasteiger partial charge >= 0.3 is 0 Å². The number of amides is 1. The van der Waals surface area contributed by atoms with Crippen molar-refractivity contribution in [2.45, 2.75) is 56.4 Å². The first-order chi connectivity index (χ1) is 14.4. The van der Waals surface area contributed by atoms with Crippen LogP contribution in [0.1, 0.15) is 55.8 Å². The van der Waals surface area contributed by atoms with E-state index in [0.29, 0.717) is 31.9 Å². The Labute approximate surface area is 179 Å². The first-order valence-electron chi connectivity index (χ1n) is 11.3. The van der Waals surface area contributed by atoms with Crippen molar-refractivity contribution < 1.29 is 17.9 Å². The fourth-order valence-electron chi connectivity index (χ4n) is 6.87. The second kappa shape index (κ2) is 7.61. The van der Waals surface area contributed by atoms with Crippen molar-refractivity contribution >= 4 is 15.9 Å². The number of morpholine rings is 1. The summed E-state index contributed by atoms with van der Waals surface area (Å²) < 4.78 is 32.6. The summed E-state index contributed by atoms with van der Waals surface area (Å²) in [5, 5.41) is 3.24. The summed E-state index contributed by atoms with van der Waals surface area (Å²) in [7, 11) is -3.61. The van der Waals surface area contributed by atoms with Gasteiger partial charge in [-0.2, -0.15) is 4.31 Å². The largest absolute Gasteiger partial charge is 0.379 e. The van der Waals surface area contributed by atoms with Crippen molar-refractivity contribution in [3.63, 3.8) is 0 Å². The summed E-state index contributed by atoms with van der Waals surface area (Å²) in [5.74, 6) is 2.32. The molecule has 1 N–H and O–H groups in total. The lowest BCUT2D eigenvalue weighted by atomic mass is 9.48. The Balaban J connectivity index is 1.31. The van der Waals surface area contributed by atoms with Crippen LogP contribution in [0.15, 0.2) is 29.2 Å². The molecule has 1 aliphatic heterocycles. The molecule has 30 heavy (non-hydrogen) atoms. The molecule has 4 bridgehead atoms. The minimum absolute atomic E-state index is 0.109. The van der Waals surface area contributed by atoms with Gasteiger partial charge in [0.2, 0.25) is 10.0 Å². The second-order valence-corrected chi connectivity index (χ2v) is 12.0. The van der Waals surface area contributed by atoms with Gasteiger partial charge in [-0.3, -0.25) is 4.79 Å². The highest BCUT2D eigenvalue weighted by Crippen LogP contribution is 2.61. The highest BCUT2D eigenvalue weighted by atomic mass is 32.2. The zero-order valence-electron chi connectivity index (χ0n) is 17.7. The normalized spacial score (nSPS) is 34.6. The van der Waals surface area contributed by atoms with E-state index in [-0.39, 0.29) is 22.3 Å². The molecule has 4 aliphatic carbocycles. The number of nitrogens with one attached hydrogen (secondary N) is 1. The van der Waals surface area contributed by atoms with Crippen molar-refractivity contribution in [1.29, 1.82) is 0 Å². The minimum Gasteiger partial charge on any atom is -0.379 e. The molecule has 5 fully saturated rings. The molecule has 0 radical (unpaired) electrons. The van der Waals surface area contributed by atoms with Crippen molar-refractivity contribution in [2.24, 2.45) is 23.2 Å². The number of hydrogen-bond acceptors (Lipinski definition) is 4. The number of nitrogens with zero attached hydrogens (tertiary/aromatic N) is 1. The maximum atomic E-state index is 13.1. The SMILES string of the molecule is C[C@@H](NC(=O)c1cccc(S(=O)(=O)N2CCOCC2)c1)C12CC3CC(CC(C3)C1)C2. The Hall–Kier alpha value is -1.44. The van der Waals surface area contributed by atoms with Crippen molar-refractivity contribution in [3.05, 3.63) is 29.8 Å². The van der Waals surface area contributed by atoms with Crippen molar-refractivity contribution in [3.8, 4) is 0 Å². The summed E-state index contributed by atoms with van der Waals surface area (Å²) >= 11 is 0. The van der Waals surface area contributed by atoms with Crippen LogP contribution in [0.4, 0.5) is 0 Å². The van der Waals surface area contributed by atoms with E-state index in [1.165, 1.54) is 48.9 Å². The van der Waals surface area contributed by atoms with E-state index < -0.39 is 10.0 Å². The highest BCUT2D eigenvalue weighted by Gasteiger charge is 2.53. The van der Waals surface area contributed by atoms with Gasteiger partial charge in [0, 0.05) is 24.7 Å². The fraction of sp³-hybridized carbons (Fsp3) is 0.696. The van der Waals surface area contributed by atoms with E-state index in [1.807, 2.05) is 0 Å². The molecule has 6 rings (SSSR count). The highest BCUT2D eigenvalue weighted by molar-refractivity contribution is 7.89. The predicted molar refractivity (Wildman–Crippen MR) is 114 cm³/mol. The van der Waals surface area contributed by atoms with Crippen LogP contribution in [0.2, 0.25) is 0 Å². The quantitative estimate of drug-likeness (QED) is 0.776. The van der Waals surface area contributed by atoms with Crippen LogP contribution in [-0.4, -0.2) is 51.0 Å². The summed E-state index contributed by atoms with van der Waals surface area (Å²) in [6.07, 6.45) is 7.81. The molecule has 6 nitrogen and oxygen atoms in total. The van der Waals surface area contributed by atoms with Crippen LogP contribution in [-0.2, 0) is 14.8 Å². The monoisotopic (exact) mass is 432 g/mol. The van der Waals surface area contributed by atoms with Crippen molar-refractivity contribution in [1.82, 2.24) is 9.62 Å². The summed E-state index contributed by atoms with van der Waals surface area (Å²) in [6, 6.07) is 6.58. The first kappa shape index (κ1) is 20.5. The molecule has 1 atom stereocenters. The van der Waals surface area contributed by atoms with Crippen LogP contribution >= 0.6 is 0 Å². The van der Waals surface area contributed by atoms with E-state index >= 15 is 0 Å². The Morgan fingerprint density at radius 2 is 1.70 bits per heavy atom. The fourth-order valence-corrected chi connectivity index (χ4v) is 8.33. The molecule has 0 unspecified atom stereocenters. The molecule has 1 aromatic rings. The summed E-state index contributed by atoms with van der Waals surface area (Å²) in [4.78, 5) is 13.2. The van der Waals surface area contributed by atoms with Crippen LogP contribution in [0, 0.1) is 23.2 Å². The van der Waals surface area contributed by atoms with E-state index in [9.17, 15) is 13.2 Å². The molecule has 1 heterocycles. The third-order valence-corrected chi connectivity index (χ3v) is 9.95. The minimum atomic E-state index is -3.61. The van der Waals surface area contributed by atoms with Crippen LogP contribution in [0.3, 0.4) is 0 Å². The zero-order chi connectivity index (χ0) is 20.9. The average molecular weight is 433 g/mol. The third kappa shape index (κ3) is 3.59. The average Bonchev–Trinajstić information content (AvgIpc) is 2.73.